The third-order valence-electron chi connectivity index (χ3n) is 6.03. The summed E-state index contributed by atoms with van der Waals surface area (Å²) in [5, 5.41) is 20.0. The van der Waals surface area contributed by atoms with Crippen molar-refractivity contribution in [2.24, 2.45) is 0 Å². The van der Waals surface area contributed by atoms with Crippen molar-refractivity contribution in [2.45, 2.75) is 6.10 Å². The van der Waals surface area contributed by atoms with E-state index in [0.717, 1.165) is 6.29 Å². The van der Waals surface area contributed by atoms with Crippen LogP contribution in [-0.2, 0) is 0 Å². The van der Waals surface area contributed by atoms with Crippen LogP contribution in [0.1, 0.15) is 58.7 Å². The minimum atomic E-state index is -1.10. The molecule has 3 aromatic carbocycles. The third-order valence-corrected chi connectivity index (χ3v) is 6.03. The maximum Gasteiger partial charge on any atom is 1.00 e. The van der Waals surface area contributed by atoms with Gasteiger partial charge in [-0.2, -0.15) is 0 Å². The normalized spacial score (nSPS) is 9.28. The van der Waals surface area contributed by atoms with Crippen LogP contribution in [0.5, 0.6) is 0 Å². The molecule has 2 heterocycles. The molecule has 0 radical (unpaired) electrons. The molecule has 0 bridgehead atoms. The Hall–Kier alpha value is -3.45. The summed E-state index contributed by atoms with van der Waals surface area (Å²) in [6.07, 6.45) is 5.99. The van der Waals surface area contributed by atoms with E-state index < -0.39 is 6.10 Å². The van der Waals surface area contributed by atoms with Crippen LogP contribution >= 0.6 is 0 Å². The summed E-state index contributed by atoms with van der Waals surface area (Å²) in [4.78, 5) is 51.1. The minimum Gasteiger partial charge on any atom is -0.845 e. The summed E-state index contributed by atoms with van der Waals surface area (Å²) >= 11 is 0. The van der Waals surface area contributed by atoms with Crippen LogP contribution in [0, 0.1) is 6.07 Å². The van der Waals surface area contributed by atoms with Crippen molar-refractivity contribution >= 4 is 24.0 Å². The number of nitrogens with one attached hydrogen (secondary N) is 1. The second kappa shape index (κ2) is 30.4. The van der Waals surface area contributed by atoms with Crippen molar-refractivity contribution in [3.8, 4) is 0 Å². The standard InChI is InChI=1S/C14H13N2O2.C8H9NO.C8H8NO.C6H5NO.4Li/c1-15-14(18)12-5-3-2-4-11(12)13(17)10-6-8-16-9-7-10;2*1-9-8(10)7-5-3-2-4-6-7;8-5-6-1-3-7-4-2-6;;;;/h2-9,13H,1H3,(H,15,18);2-6H,1H3,(H,9,10);2-5H,1H3,(H,9,10);1-5H;;;;/q-1;;-1;;4*+1. The summed E-state index contributed by atoms with van der Waals surface area (Å²) in [7, 11) is 4.77. The number of nitrogens with zero attached hydrogens (tertiary/aromatic N) is 3. The molecule has 0 saturated heterocycles. The topological polar surface area (TPSA) is 160 Å². The number of quaternary nitrogens is 1. The van der Waals surface area contributed by atoms with Gasteiger partial charge in [-0.3, -0.25) is 24.4 Å². The maximum atomic E-state index is 12.3. The number of amides is 3. The first-order valence-corrected chi connectivity index (χ1v) is 14.1. The fourth-order valence-corrected chi connectivity index (χ4v) is 3.64. The van der Waals surface area contributed by atoms with E-state index in [4.69, 9.17) is 0 Å². The number of aromatic nitrogens is 2. The number of aldehydes is 1. The van der Waals surface area contributed by atoms with Gasteiger partial charge < -0.3 is 25.9 Å². The SMILES string of the molecule is CNC(=O)c1ccccc1.C[N-]C(=O)c1ccccc1C([O-])c1ccncc1.C[NH2+]C(=O)c1[c-]cccc1.O=Cc1ccncc1.[Li+].[Li+].[Li+].[Li+]. The first-order valence-electron chi connectivity index (χ1n) is 14.1. The first-order chi connectivity index (χ1) is 22.4. The van der Waals surface area contributed by atoms with Gasteiger partial charge in [0.2, 0.25) is 0 Å². The van der Waals surface area contributed by atoms with E-state index in [1.54, 1.807) is 112 Å². The average molecular weight is 645 g/mol. The number of pyridine rings is 2. The summed E-state index contributed by atoms with van der Waals surface area (Å²) in [5.41, 5.74) is 3.38. The Labute approximate surface area is 341 Å². The Bertz CT molecular complexity index is 1590. The molecular formula is C36H35Li4N5O5+2. The fraction of sp³-hybridized carbons (Fsp3) is 0.111. The molecule has 0 aliphatic heterocycles. The van der Waals surface area contributed by atoms with E-state index in [9.17, 15) is 24.3 Å². The van der Waals surface area contributed by atoms with Gasteiger partial charge in [0.25, 0.3) is 11.8 Å². The minimum absolute atomic E-state index is 0. The van der Waals surface area contributed by atoms with Crippen LogP contribution < -0.4 is 91.2 Å². The van der Waals surface area contributed by atoms with Gasteiger partial charge in [-0.1, -0.05) is 54.1 Å². The number of rotatable bonds is 6. The van der Waals surface area contributed by atoms with Crippen molar-refractivity contribution < 1.29 is 105 Å². The predicted octanol–water partition coefficient (Wildman–Crippen LogP) is -8.55. The Morgan fingerprint density at radius 1 is 0.800 bits per heavy atom. The summed E-state index contributed by atoms with van der Waals surface area (Å²) < 4.78 is 0. The number of carbonyl (C=O) groups is 4. The fourth-order valence-electron chi connectivity index (χ4n) is 3.64. The average Bonchev–Trinajstić information content (AvgIpc) is 3.15. The van der Waals surface area contributed by atoms with Crippen LogP contribution in [0.3, 0.4) is 0 Å². The van der Waals surface area contributed by atoms with E-state index >= 15 is 0 Å². The number of nitrogens with two attached hydrogens (primary N) is 1. The molecule has 5 aromatic rings. The quantitative estimate of drug-likeness (QED) is 0.105. The van der Waals surface area contributed by atoms with Crippen molar-refractivity contribution in [1.29, 1.82) is 0 Å². The van der Waals surface area contributed by atoms with Crippen molar-refractivity contribution in [2.75, 3.05) is 21.1 Å². The van der Waals surface area contributed by atoms with E-state index in [2.05, 4.69) is 26.7 Å². The molecule has 236 valence electrons. The Balaban J connectivity index is -0.000000604. The zero-order chi connectivity index (χ0) is 33.6. The number of hydrogen-bond donors (Lipinski definition) is 2. The Kier molecular flexibility index (Phi) is 30.9. The van der Waals surface area contributed by atoms with Gasteiger partial charge in [0, 0.05) is 48.5 Å². The molecule has 0 spiro atoms. The molecule has 10 nitrogen and oxygen atoms in total. The molecule has 5 rings (SSSR count). The van der Waals surface area contributed by atoms with E-state index in [1.165, 1.54) is 12.4 Å². The predicted molar refractivity (Wildman–Crippen MR) is 173 cm³/mol. The maximum absolute atomic E-state index is 12.3. The van der Waals surface area contributed by atoms with Gasteiger partial charge >= 0.3 is 75.4 Å². The molecule has 0 saturated carbocycles. The Morgan fingerprint density at radius 3 is 1.82 bits per heavy atom. The monoisotopic (exact) mass is 645 g/mol. The summed E-state index contributed by atoms with van der Waals surface area (Å²) in [5.74, 6) is -0.387. The number of benzene rings is 3. The van der Waals surface area contributed by atoms with Gasteiger partial charge in [0.15, 0.2) is 0 Å². The zero-order valence-corrected chi connectivity index (χ0v) is 29.7. The molecule has 2 aromatic heterocycles. The first kappa shape index (κ1) is 50.9. The second-order valence-electron chi connectivity index (χ2n) is 9.05. The van der Waals surface area contributed by atoms with Crippen molar-refractivity contribution in [3.05, 3.63) is 173 Å². The van der Waals surface area contributed by atoms with Crippen LogP contribution in [-0.4, -0.2) is 55.1 Å². The zero-order valence-electron chi connectivity index (χ0n) is 29.7. The largest absolute Gasteiger partial charge is 1.00 e. The molecule has 0 aliphatic carbocycles. The smallest absolute Gasteiger partial charge is 0.845 e. The molecule has 3 amide bonds. The summed E-state index contributed by atoms with van der Waals surface area (Å²) in [6.45, 7) is 0. The van der Waals surface area contributed by atoms with Crippen LogP contribution in [0.25, 0.3) is 5.32 Å². The van der Waals surface area contributed by atoms with E-state index in [1.807, 2.05) is 30.3 Å². The Morgan fingerprint density at radius 2 is 1.34 bits per heavy atom. The van der Waals surface area contributed by atoms with Crippen molar-refractivity contribution in [3.63, 3.8) is 0 Å². The third kappa shape index (κ3) is 18.5. The molecule has 14 heteroatoms. The van der Waals surface area contributed by atoms with Crippen molar-refractivity contribution in [1.82, 2.24) is 15.3 Å². The number of primary amides is 1. The van der Waals surface area contributed by atoms with Crippen LogP contribution in [0.15, 0.2) is 128 Å². The molecule has 1 unspecified atom stereocenters. The molecule has 1 atom stereocenters. The van der Waals surface area contributed by atoms with Gasteiger partial charge in [-0.15, -0.1) is 37.4 Å². The molecular weight excluding hydrogens is 610 g/mol. The molecule has 3 N–H and O–H groups in total. The molecule has 50 heavy (non-hydrogen) atoms. The van der Waals surface area contributed by atoms with E-state index in [0.29, 0.717) is 33.4 Å². The van der Waals surface area contributed by atoms with Gasteiger partial charge in [0.1, 0.15) is 6.29 Å². The number of carbonyl (C=O) groups excluding carboxylic acids is 4. The molecule has 0 aliphatic rings. The van der Waals surface area contributed by atoms with Crippen LogP contribution in [0.4, 0.5) is 0 Å². The van der Waals surface area contributed by atoms with E-state index in [-0.39, 0.29) is 93.2 Å². The van der Waals surface area contributed by atoms with Gasteiger partial charge in [-0.25, -0.2) is 0 Å². The number of hydrogen-bond acceptors (Lipinski definition) is 7. The van der Waals surface area contributed by atoms with Crippen LogP contribution in [0.2, 0.25) is 0 Å². The van der Waals surface area contributed by atoms with Gasteiger partial charge in [0.05, 0.1) is 13.0 Å². The molecule has 0 fully saturated rings. The van der Waals surface area contributed by atoms with Gasteiger partial charge in [-0.05, 0) is 47.5 Å². The second-order valence-corrected chi connectivity index (χ2v) is 9.05. The summed E-state index contributed by atoms with van der Waals surface area (Å²) in [6, 6.07) is 32.5.